The number of halogens is 1. The average Bonchev–Trinajstić information content (AvgIpc) is 2.86. The molecule has 38 heavy (non-hydrogen) atoms. The van der Waals surface area contributed by atoms with Gasteiger partial charge in [-0.1, -0.05) is 47.5 Å². The number of amides is 2. The minimum atomic E-state index is -4.24. The maximum atomic E-state index is 13.8. The van der Waals surface area contributed by atoms with Crippen molar-refractivity contribution in [1.29, 1.82) is 0 Å². The predicted octanol–water partition coefficient (Wildman–Crippen LogP) is 4.58. The number of rotatable bonds is 10. The Morgan fingerprint density at radius 2 is 1.53 bits per heavy atom. The predicted molar refractivity (Wildman–Crippen MR) is 147 cm³/mol. The summed E-state index contributed by atoms with van der Waals surface area (Å²) in [6.45, 7) is 8.64. The molecule has 0 saturated heterocycles. The van der Waals surface area contributed by atoms with Gasteiger partial charge in [-0.2, -0.15) is 0 Å². The van der Waals surface area contributed by atoms with E-state index >= 15 is 0 Å². The Balaban J connectivity index is 2.02. The van der Waals surface area contributed by atoms with Crippen LogP contribution in [0, 0.1) is 19.7 Å². The smallest absolute Gasteiger partial charge is 0.264 e. The molecule has 3 aromatic carbocycles. The molecule has 202 valence electrons. The van der Waals surface area contributed by atoms with Crippen LogP contribution >= 0.6 is 0 Å². The van der Waals surface area contributed by atoms with E-state index in [1.807, 2.05) is 52.0 Å². The van der Waals surface area contributed by atoms with Crippen LogP contribution in [-0.4, -0.2) is 43.8 Å². The molecule has 0 spiro atoms. The average molecular weight is 540 g/mol. The molecule has 0 aliphatic heterocycles. The second-order valence-electron chi connectivity index (χ2n) is 9.65. The van der Waals surface area contributed by atoms with Gasteiger partial charge in [0.2, 0.25) is 11.8 Å². The number of anilines is 1. The van der Waals surface area contributed by atoms with E-state index in [0.29, 0.717) is 0 Å². The third kappa shape index (κ3) is 7.19. The number of hydrogen-bond donors (Lipinski definition) is 1. The highest BCUT2D eigenvalue weighted by Gasteiger charge is 2.32. The summed E-state index contributed by atoms with van der Waals surface area (Å²) in [5.41, 5.74) is 3.00. The number of aryl methyl sites for hydroxylation is 2. The van der Waals surface area contributed by atoms with Crippen molar-refractivity contribution < 1.29 is 22.4 Å². The normalized spacial score (nSPS) is 12.2. The second-order valence-corrected chi connectivity index (χ2v) is 11.5. The summed E-state index contributed by atoms with van der Waals surface area (Å²) in [5, 5.41) is 2.83. The van der Waals surface area contributed by atoms with Crippen molar-refractivity contribution in [3.8, 4) is 0 Å². The van der Waals surface area contributed by atoms with E-state index < -0.39 is 34.3 Å². The van der Waals surface area contributed by atoms with Gasteiger partial charge in [-0.3, -0.25) is 13.9 Å². The third-order valence-electron chi connectivity index (χ3n) is 6.04. The number of carbonyl (C=O) groups is 2. The zero-order chi connectivity index (χ0) is 28.0. The third-order valence-corrected chi connectivity index (χ3v) is 7.82. The van der Waals surface area contributed by atoms with Crippen molar-refractivity contribution >= 4 is 27.5 Å². The fraction of sp³-hybridized carbons (Fsp3) is 0.310. The molecule has 0 fully saturated rings. The van der Waals surface area contributed by atoms with Gasteiger partial charge in [0.1, 0.15) is 18.4 Å². The van der Waals surface area contributed by atoms with Gasteiger partial charge in [0, 0.05) is 12.6 Å². The maximum absolute atomic E-state index is 13.8. The highest BCUT2D eigenvalue weighted by Crippen LogP contribution is 2.25. The Morgan fingerprint density at radius 3 is 2.11 bits per heavy atom. The van der Waals surface area contributed by atoms with Crippen LogP contribution in [0.4, 0.5) is 10.1 Å². The molecule has 7 nitrogen and oxygen atoms in total. The molecule has 0 aromatic heterocycles. The van der Waals surface area contributed by atoms with Gasteiger partial charge < -0.3 is 10.2 Å². The van der Waals surface area contributed by atoms with Gasteiger partial charge in [0.25, 0.3) is 10.0 Å². The molecule has 0 unspecified atom stereocenters. The van der Waals surface area contributed by atoms with Crippen molar-refractivity contribution in [3.05, 3.63) is 95.3 Å². The standard InChI is InChI=1S/C29H34FN3O4S/c1-20(2)31-29(35)23(5)32(18-24-8-6-7-22(4)17-24)28(34)19-33(26-13-9-21(3)10-14-26)38(36,37)27-15-11-25(30)12-16-27/h6-17,20,23H,18-19H2,1-5H3,(H,31,35)/t23-/m1/s1. The van der Waals surface area contributed by atoms with Crippen molar-refractivity contribution in [3.63, 3.8) is 0 Å². The van der Waals surface area contributed by atoms with E-state index in [1.165, 1.54) is 17.0 Å². The van der Waals surface area contributed by atoms with E-state index in [0.717, 1.165) is 33.1 Å². The van der Waals surface area contributed by atoms with E-state index in [9.17, 15) is 22.4 Å². The molecular weight excluding hydrogens is 505 g/mol. The summed E-state index contributed by atoms with van der Waals surface area (Å²) in [7, 11) is -4.24. The van der Waals surface area contributed by atoms with Crippen LogP contribution in [-0.2, 0) is 26.2 Å². The zero-order valence-electron chi connectivity index (χ0n) is 22.3. The Morgan fingerprint density at radius 1 is 0.895 bits per heavy atom. The van der Waals surface area contributed by atoms with Gasteiger partial charge in [0.15, 0.2) is 0 Å². The maximum Gasteiger partial charge on any atom is 0.264 e. The highest BCUT2D eigenvalue weighted by atomic mass is 32.2. The lowest BCUT2D eigenvalue weighted by Gasteiger charge is -2.32. The van der Waals surface area contributed by atoms with Crippen LogP contribution in [0.25, 0.3) is 0 Å². The van der Waals surface area contributed by atoms with Gasteiger partial charge in [-0.05, 0) is 76.6 Å². The molecule has 3 rings (SSSR count). The van der Waals surface area contributed by atoms with Crippen LogP contribution in [0.15, 0.2) is 77.7 Å². The zero-order valence-corrected chi connectivity index (χ0v) is 23.1. The first-order valence-corrected chi connectivity index (χ1v) is 13.8. The first-order valence-electron chi connectivity index (χ1n) is 12.4. The first-order chi connectivity index (χ1) is 17.9. The van der Waals surface area contributed by atoms with Crippen LogP contribution in [0.5, 0.6) is 0 Å². The van der Waals surface area contributed by atoms with Gasteiger partial charge in [0.05, 0.1) is 10.6 Å². The molecule has 0 saturated carbocycles. The molecule has 0 aliphatic carbocycles. The van der Waals surface area contributed by atoms with E-state index in [1.54, 1.807) is 31.2 Å². The Bertz CT molecular complexity index is 1370. The number of carbonyl (C=O) groups excluding carboxylic acids is 2. The number of nitrogens with one attached hydrogen (secondary N) is 1. The summed E-state index contributed by atoms with van der Waals surface area (Å²) in [6.07, 6.45) is 0. The Kier molecular flexibility index (Phi) is 9.27. The van der Waals surface area contributed by atoms with Gasteiger partial charge in [-0.15, -0.1) is 0 Å². The quantitative estimate of drug-likeness (QED) is 0.409. The summed E-state index contributed by atoms with van der Waals surface area (Å²) in [5.74, 6) is -1.47. The fourth-order valence-corrected chi connectivity index (χ4v) is 5.38. The molecule has 0 radical (unpaired) electrons. The molecule has 1 N–H and O–H groups in total. The molecule has 0 bridgehead atoms. The van der Waals surface area contributed by atoms with Crippen molar-refractivity contribution in [2.75, 3.05) is 10.8 Å². The van der Waals surface area contributed by atoms with E-state index in [-0.39, 0.29) is 29.1 Å². The topological polar surface area (TPSA) is 86.8 Å². The minimum absolute atomic E-state index is 0.117. The van der Waals surface area contributed by atoms with Crippen molar-refractivity contribution in [1.82, 2.24) is 10.2 Å². The fourth-order valence-electron chi connectivity index (χ4n) is 3.97. The Labute approximate surface area is 224 Å². The number of hydrogen-bond acceptors (Lipinski definition) is 4. The molecule has 9 heteroatoms. The highest BCUT2D eigenvalue weighted by molar-refractivity contribution is 7.92. The van der Waals surface area contributed by atoms with Crippen molar-refractivity contribution in [2.24, 2.45) is 0 Å². The molecule has 1 atom stereocenters. The summed E-state index contributed by atoms with van der Waals surface area (Å²) in [4.78, 5) is 28.0. The summed E-state index contributed by atoms with van der Waals surface area (Å²) < 4.78 is 41.9. The van der Waals surface area contributed by atoms with E-state index in [4.69, 9.17) is 0 Å². The minimum Gasteiger partial charge on any atom is -0.352 e. The lowest BCUT2D eigenvalue weighted by molar-refractivity contribution is -0.139. The summed E-state index contributed by atoms with van der Waals surface area (Å²) in [6, 6.07) is 17.7. The molecular formula is C29H34FN3O4S. The lowest BCUT2D eigenvalue weighted by atomic mass is 10.1. The van der Waals surface area contributed by atoms with Crippen LogP contribution in [0.2, 0.25) is 0 Å². The first kappa shape index (κ1) is 28.8. The summed E-state index contributed by atoms with van der Waals surface area (Å²) >= 11 is 0. The van der Waals surface area contributed by atoms with Gasteiger partial charge >= 0.3 is 0 Å². The molecule has 0 aliphatic rings. The number of benzene rings is 3. The van der Waals surface area contributed by atoms with E-state index in [2.05, 4.69) is 5.32 Å². The van der Waals surface area contributed by atoms with Crippen LogP contribution in [0.1, 0.15) is 37.5 Å². The number of sulfonamides is 1. The molecule has 3 aromatic rings. The Hall–Kier alpha value is -3.72. The van der Waals surface area contributed by atoms with Gasteiger partial charge in [-0.25, -0.2) is 12.8 Å². The lowest BCUT2D eigenvalue weighted by Crippen LogP contribution is -2.52. The van der Waals surface area contributed by atoms with Crippen LogP contribution < -0.4 is 9.62 Å². The molecule has 0 heterocycles. The van der Waals surface area contributed by atoms with Crippen LogP contribution in [0.3, 0.4) is 0 Å². The monoisotopic (exact) mass is 539 g/mol. The number of nitrogens with zero attached hydrogens (tertiary/aromatic N) is 2. The second kappa shape index (κ2) is 12.2. The largest absolute Gasteiger partial charge is 0.352 e. The van der Waals surface area contributed by atoms with Crippen molar-refractivity contribution in [2.45, 2.75) is 58.1 Å². The SMILES string of the molecule is Cc1ccc(N(CC(=O)N(Cc2cccc(C)c2)[C@H](C)C(=O)NC(C)C)S(=O)(=O)c2ccc(F)cc2)cc1. The molecule has 2 amide bonds.